The highest BCUT2D eigenvalue weighted by molar-refractivity contribution is 5.15. The van der Waals surface area contributed by atoms with Crippen LogP contribution < -0.4 is 0 Å². The van der Waals surface area contributed by atoms with Crippen LogP contribution >= 0.6 is 0 Å². The van der Waals surface area contributed by atoms with Gasteiger partial charge in [-0.25, -0.2) is 4.98 Å². The minimum Gasteiger partial charge on any atom is -0.335 e. The lowest BCUT2D eigenvalue weighted by atomic mass is 9.75. The fraction of sp³-hybridized carbons (Fsp3) is 0.800. The Morgan fingerprint density at radius 1 is 1.18 bits per heavy atom. The minimum atomic E-state index is 0.168. The third-order valence-electron chi connectivity index (χ3n) is 4.00. The molecular weight excluding hydrogens is 208 g/mol. The van der Waals surface area contributed by atoms with Gasteiger partial charge in [-0.3, -0.25) is 0 Å². The van der Waals surface area contributed by atoms with Gasteiger partial charge in [0.05, 0.1) is 5.69 Å². The third-order valence-corrected chi connectivity index (χ3v) is 4.00. The zero-order valence-corrected chi connectivity index (χ0v) is 12.2. The van der Waals surface area contributed by atoms with Crippen LogP contribution in [0.4, 0.5) is 0 Å². The molecule has 17 heavy (non-hydrogen) atoms. The molecule has 96 valence electrons. The van der Waals surface area contributed by atoms with Gasteiger partial charge in [0.2, 0.25) is 0 Å². The highest BCUT2D eigenvalue weighted by atomic mass is 15.1. The predicted octanol–water partition coefficient (Wildman–Crippen LogP) is 3.79. The molecule has 0 saturated heterocycles. The third kappa shape index (κ3) is 2.56. The summed E-state index contributed by atoms with van der Waals surface area (Å²) in [5.74, 6) is 2.06. The van der Waals surface area contributed by atoms with Crippen LogP contribution in [0, 0.1) is 11.3 Å². The highest BCUT2D eigenvalue weighted by Gasteiger charge is 2.31. The molecule has 0 fully saturated rings. The van der Waals surface area contributed by atoms with Crippen LogP contribution in [0.3, 0.4) is 0 Å². The molecule has 1 aliphatic rings. The van der Waals surface area contributed by atoms with Crippen LogP contribution in [0.5, 0.6) is 0 Å². The van der Waals surface area contributed by atoms with Crippen molar-refractivity contribution < 1.29 is 0 Å². The number of rotatable bonds is 0. The molecule has 0 aromatic carbocycles. The Hall–Kier alpha value is -0.790. The van der Waals surface area contributed by atoms with Crippen molar-refractivity contribution in [2.24, 2.45) is 11.3 Å². The SMILES string of the molecule is CC(C)(C)c1cn2c(n1)CC(C(C)(C)C)CC2. The number of nitrogens with zero attached hydrogens (tertiary/aromatic N) is 2. The van der Waals surface area contributed by atoms with Crippen molar-refractivity contribution >= 4 is 0 Å². The maximum Gasteiger partial charge on any atom is 0.109 e. The zero-order chi connectivity index (χ0) is 12.8. The van der Waals surface area contributed by atoms with Crippen LogP contribution in [-0.4, -0.2) is 9.55 Å². The summed E-state index contributed by atoms with van der Waals surface area (Å²) in [7, 11) is 0. The van der Waals surface area contributed by atoms with Gasteiger partial charge in [-0.15, -0.1) is 0 Å². The Kier molecular flexibility index (Phi) is 2.87. The normalized spacial score (nSPS) is 21.4. The molecule has 1 aromatic rings. The first-order valence-corrected chi connectivity index (χ1v) is 6.74. The number of fused-ring (bicyclic) bond motifs is 1. The summed E-state index contributed by atoms with van der Waals surface area (Å²) < 4.78 is 2.36. The Morgan fingerprint density at radius 3 is 2.35 bits per heavy atom. The first kappa shape index (κ1) is 12.7. The lowest BCUT2D eigenvalue weighted by Crippen LogP contribution is -2.29. The molecule has 0 N–H and O–H groups in total. The molecule has 2 rings (SSSR count). The van der Waals surface area contributed by atoms with Crippen molar-refractivity contribution in [3.8, 4) is 0 Å². The van der Waals surface area contributed by atoms with E-state index in [1.165, 1.54) is 17.9 Å². The molecule has 2 heterocycles. The smallest absolute Gasteiger partial charge is 0.109 e. The monoisotopic (exact) mass is 234 g/mol. The van der Waals surface area contributed by atoms with Crippen molar-refractivity contribution in [3.05, 3.63) is 17.7 Å². The van der Waals surface area contributed by atoms with Gasteiger partial charge in [-0.2, -0.15) is 0 Å². The Balaban J connectivity index is 2.25. The molecule has 2 heteroatoms. The van der Waals surface area contributed by atoms with Crippen molar-refractivity contribution in [3.63, 3.8) is 0 Å². The summed E-state index contributed by atoms with van der Waals surface area (Å²) in [5.41, 5.74) is 1.81. The Labute approximate surface area is 105 Å². The molecule has 1 unspecified atom stereocenters. The highest BCUT2D eigenvalue weighted by Crippen LogP contribution is 2.35. The number of imidazole rings is 1. The van der Waals surface area contributed by atoms with Gasteiger partial charge in [0.1, 0.15) is 5.82 Å². The van der Waals surface area contributed by atoms with Gasteiger partial charge in [0, 0.05) is 24.6 Å². The van der Waals surface area contributed by atoms with Gasteiger partial charge < -0.3 is 4.57 Å². The molecule has 0 spiro atoms. The first-order chi connectivity index (χ1) is 7.68. The Morgan fingerprint density at radius 2 is 1.82 bits per heavy atom. The number of aromatic nitrogens is 2. The van der Waals surface area contributed by atoms with E-state index in [4.69, 9.17) is 4.98 Å². The average molecular weight is 234 g/mol. The topological polar surface area (TPSA) is 17.8 Å². The van der Waals surface area contributed by atoms with E-state index >= 15 is 0 Å². The molecule has 0 bridgehead atoms. The molecule has 0 saturated carbocycles. The number of hydrogen-bond acceptors (Lipinski definition) is 1. The molecular formula is C15H26N2. The summed E-state index contributed by atoms with van der Waals surface area (Å²) in [6.07, 6.45) is 4.68. The van der Waals surface area contributed by atoms with Crippen LogP contribution in [-0.2, 0) is 18.4 Å². The molecule has 0 radical (unpaired) electrons. The summed E-state index contributed by atoms with van der Waals surface area (Å²) in [6.45, 7) is 14.9. The van der Waals surface area contributed by atoms with E-state index in [1.54, 1.807) is 0 Å². The molecule has 0 aliphatic carbocycles. The molecule has 1 aromatic heterocycles. The maximum atomic E-state index is 4.85. The van der Waals surface area contributed by atoms with Crippen LogP contribution in [0.15, 0.2) is 6.20 Å². The van der Waals surface area contributed by atoms with Crippen molar-refractivity contribution in [1.29, 1.82) is 0 Å². The van der Waals surface area contributed by atoms with Crippen LogP contribution in [0.2, 0.25) is 0 Å². The number of aryl methyl sites for hydroxylation is 1. The molecule has 2 nitrogen and oxygen atoms in total. The van der Waals surface area contributed by atoms with Gasteiger partial charge >= 0.3 is 0 Å². The van der Waals surface area contributed by atoms with E-state index in [9.17, 15) is 0 Å². The second-order valence-electron chi connectivity index (χ2n) is 7.54. The van der Waals surface area contributed by atoms with E-state index in [1.807, 2.05) is 0 Å². The zero-order valence-electron chi connectivity index (χ0n) is 12.2. The lowest BCUT2D eigenvalue weighted by Gasteiger charge is -2.34. The molecule has 1 aliphatic heterocycles. The van der Waals surface area contributed by atoms with E-state index in [0.29, 0.717) is 5.41 Å². The largest absolute Gasteiger partial charge is 0.335 e. The minimum absolute atomic E-state index is 0.168. The van der Waals surface area contributed by atoms with Crippen LogP contribution in [0.1, 0.15) is 59.5 Å². The van der Waals surface area contributed by atoms with E-state index in [0.717, 1.165) is 18.9 Å². The van der Waals surface area contributed by atoms with E-state index < -0.39 is 0 Å². The number of hydrogen-bond donors (Lipinski definition) is 0. The molecule has 0 amide bonds. The van der Waals surface area contributed by atoms with E-state index in [2.05, 4.69) is 52.3 Å². The second-order valence-corrected chi connectivity index (χ2v) is 7.54. The van der Waals surface area contributed by atoms with Gasteiger partial charge in [-0.1, -0.05) is 41.5 Å². The summed E-state index contributed by atoms with van der Waals surface area (Å²) in [5, 5.41) is 0. The first-order valence-electron chi connectivity index (χ1n) is 6.74. The Bertz CT molecular complexity index is 402. The molecule has 1 atom stereocenters. The van der Waals surface area contributed by atoms with Gasteiger partial charge in [-0.05, 0) is 17.8 Å². The lowest BCUT2D eigenvalue weighted by molar-refractivity contribution is 0.193. The second kappa shape index (κ2) is 3.86. The standard InChI is InChI=1S/C15H26N2/c1-14(2,3)11-7-8-17-10-12(15(4,5)6)16-13(17)9-11/h10-11H,7-9H2,1-6H3. The van der Waals surface area contributed by atoms with Crippen LogP contribution in [0.25, 0.3) is 0 Å². The van der Waals surface area contributed by atoms with E-state index in [-0.39, 0.29) is 5.41 Å². The van der Waals surface area contributed by atoms with Crippen molar-refractivity contribution in [2.75, 3.05) is 0 Å². The van der Waals surface area contributed by atoms with Crippen molar-refractivity contribution in [2.45, 2.75) is 66.3 Å². The predicted molar refractivity (Wildman–Crippen MR) is 72.2 cm³/mol. The summed E-state index contributed by atoms with van der Waals surface area (Å²) >= 11 is 0. The quantitative estimate of drug-likeness (QED) is 0.668. The summed E-state index contributed by atoms with van der Waals surface area (Å²) in [4.78, 5) is 4.85. The average Bonchev–Trinajstić information content (AvgIpc) is 2.57. The fourth-order valence-electron chi connectivity index (χ4n) is 2.53. The fourth-order valence-corrected chi connectivity index (χ4v) is 2.53. The summed E-state index contributed by atoms with van der Waals surface area (Å²) in [6, 6.07) is 0. The maximum absolute atomic E-state index is 4.85. The van der Waals surface area contributed by atoms with Gasteiger partial charge in [0.15, 0.2) is 0 Å². The van der Waals surface area contributed by atoms with Crippen molar-refractivity contribution in [1.82, 2.24) is 9.55 Å². The van der Waals surface area contributed by atoms with Gasteiger partial charge in [0.25, 0.3) is 0 Å².